The fourth-order valence-corrected chi connectivity index (χ4v) is 2.95. The highest BCUT2D eigenvalue weighted by Crippen LogP contribution is 2.15. The van der Waals surface area contributed by atoms with E-state index in [0.29, 0.717) is 25.4 Å². The van der Waals surface area contributed by atoms with E-state index in [-0.39, 0.29) is 0 Å². The van der Waals surface area contributed by atoms with E-state index >= 15 is 0 Å². The lowest BCUT2D eigenvalue weighted by molar-refractivity contribution is 0.584. The molecule has 0 saturated heterocycles. The third kappa shape index (κ3) is 10.4. The number of hydrogen-bond acceptors (Lipinski definition) is 3. The van der Waals surface area contributed by atoms with Crippen LogP contribution in [0.25, 0.3) is 0 Å². The average molecular weight is 383 g/mol. The van der Waals surface area contributed by atoms with Crippen LogP contribution in [-0.4, -0.2) is 46.8 Å². The molecule has 0 aliphatic carbocycles. The molecule has 148 valence electrons. The van der Waals surface area contributed by atoms with Gasteiger partial charge in [-0.05, 0) is 43.2 Å². The molecule has 0 bridgehead atoms. The smallest absolute Gasteiger partial charge is 0.208 e. The van der Waals surface area contributed by atoms with Gasteiger partial charge in [-0.3, -0.25) is 4.99 Å². The van der Waals surface area contributed by atoms with Gasteiger partial charge in [0.25, 0.3) is 0 Å². The van der Waals surface area contributed by atoms with E-state index in [1.54, 1.807) is 0 Å². The van der Waals surface area contributed by atoms with Crippen LogP contribution in [0.15, 0.2) is 29.3 Å². The zero-order valence-corrected chi connectivity index (χ0v) is 17.3. The molecule has 0 saturated carbocycles. The van der Waals surface area contributed by atoms with E-state index in [2.05, 4.69) is 58.5 Å². The first kappa shape index (κ1) is 22.4. The first-order valence-corrected chi connectivity index (χ1v) is 11.3. The quantitative estimate of drug-likeness (QED) is 0.311. The molecule has 0 unspecified atom stereocenters. The van der Waals surface area contributed by atoms with E-state index < -0.39 is 10.0 Å². The van der Waals surface area contributed by atoms with E-state index in [0.717, 1.165) is 31.9 Å². The number of nitrogens with zero attached hydrogens (tertiary/aromatic N) is 1. The van der Waals surface area contributed by atoms with Gasteiger partial charge in [0, 0.05) is 26.2 Å². The molecule has 3 N–H and O–H groups in total. The standard InChI is InChI=1S/C19H34N4O2S/c1-5-20-19(22-14-7-15-23-26(4,24)25)21-13-6-8-17-9-11-18(12-10-17)16(2)3/h9-12,16,23H,5-8,13-15H2,1-4H3,(H2,20,21,22). The summed E-state index contributed by atoms with van der Waals surface area (Å²) in [4.78, 5) is 4.58. The van der Waals surface area contributed by atoms with E-state index in [4.69, 9.17) is 0 Å². The summed E-state index contributed by atoms with van der Waals surface area (Å²) in [5.41, 5.74) is 2.71. The summed E-state index contributed by atoms with van der Waals surface area (Å²) in [7, 11) is -3.11. The second-order valence-electron chi connectivity index (χ2n) is 6.71. The van der Waals surface area contributed by atoms with Gasteiger partial charge in [0.05, 0.1) is 6.26 Å². The van der Waals surface area contributed by atoms with Crippen LogP contribution in [0.5, 0.6) is 0 Å². The van der Waals surface area contributed by atoms with Crippen molar-refractivity contribution in [2.45, 2.75) is 46.0 Å². The van der Waals surface area contributed by atoms with Crippen LogP contribution in [0.4, 0.5) is 0 Å². The Bertz CT molecular complexity index is 640. The molecule has 7 heteroatoms. The molecule has 1 rings (SSSR count). The highest BCUT2D eigenvalue weighted by molar-refractivity contribution is 7.88. The molecule has 0 atom stereocenters. The summed E-state index contributed by atoms with van der Waals surface area (Å²) in [6, 6.07) is 8.83. The normalized spacial score (nSPS) is 12.4. The van der Waals surface area contributed by atoms with Crippen molar-refractivity contribution in [2.24, 2.45) is 4.99 Å². The maximum absolute atomic E-state index is 11.0. The Morgan fingerprint density at radius 1 is 1.08 bits per heavy atom. The van der Waals surface area contributed by atoms with Gasteiger partial charge in [-0.1, -0.05) is 38.1 Å². The zero-order valence-electron chi connectivity index (χ0n) is 16.5. The maximum atomic E-state index is 11.0. The van der Waals surface area contributed by atoms with Crippen molar-refractivity contribution in [1.82, 2.24) is 15.4 Å². The lowest BCUT2D eigenvalue weighted by Crippen LogP contribution is -2.38. The molecular weight excluding hydrogens is 348 g/mol. The van der Waals surface area contributed by atoms with Gasteiger partial charge in [0.15, 0.2) is 5.96 Å². The second-order valence-corrected chi connectivity index (χ2v) is 8.54. The molecular formula is C19H34N4O2S. The summed E-state index contributed by atoms with van der Waals surface area (Å²) in [6.45, 7) is 9.08. The predicted molar refractivity (Wildman–Crippen MR) is 110 cm³/mol. The highest BCUT2D eigenvalue weighted by atomic mass is 32.2. The number of nitrogens with one attached hydrogen (secondary N) is 3. The fourth-order valence-electron chi connectivity index (χ4n) is 2.44. The Morgan fingerprint density at radius 3 is 2.35 bits per heavy atom. The Hall–Kier alpha value is -1.60. The number of rotatable bonds is 11. The number of hydrogen-bond donors (Lipinski definition) is 3. The van der Waals surface area contributed by atoms with Crippen LogP contribution in [0.3, 0.4) is 0 Å². The van der Waals surface area contributed by atoms with Gasteiger partial charge >= 0.3 is 0 Å². The van der Waals surface area contributed by atoms with Crippen molar-refractivity contribution in [3.63, 3.8) is 0 Å². The van der Waals surface area contributed by atoms with Crippen LogP contribution in [0.2, 0.25) is 0 Å². The second kappa shape index (κ2) is 11.9. The summed E-state index contributed by atoms with van der Waals surface area (Å²) >= 11 is 0. The fraction of sp³-hybridized carbons (Fsp3) is 0.632. The minimum Gasteiger partial charge on any atom is -0.357 e. The Morgan fingerprint density at radius 2 is 1.77 bits per heavy atom. The zero-order chi connectivity index (χ0) is 19.4. The third-order valence-corrected chi connectivity index (χ3v) is 4.62. The number of benzene rings is 1. The van der Waals surface area contributed by atoms with Crippen LogP contribution in [-0.2, 0) is 16.4 Å². The number of sulfonamides is 1. The largest absolute Gasteiger partial charge is 0.357 e. The van der Waals surface area contributed by atoms with Crippen molar-refractivity contribution < 1.29 is 8.42 Å². The Kier molecular flexibility index (Phi) is 10.3. The summed E-state index contributed by atoms with van der Waals surface area (Å²) in [5, 5.41) is 6.44. The van der Waals surface area contributed by atoms with Crippen LogP contribution < -0.4 is 15.4 Å². The molecule has 26 heavy (non-hydrogen) atoms. The molecule has 0 radical (unpaired) electrons. The minimum atomic E-state index is -3.11. The molecule has 0 amide bonds. The van der Waals surface area contributed by atoms with Crippen LogP contribution in [0.1, 0.15) is 50.7 Å². The van der Waals surface area contributed by atoms with Gasteiger partial charge < -0.3 is 10.6 Å². The van der Waals surface area contributed by atoms with Crippen LogP contribution in [0, 0.1) is 0 Å². The van der Waals surface area contributed by atoms with Crippen molar-refractivity contribution in [3.05, 3.63) is 35.4 Å². The number of aryl methyl sites for hydroxylation is 1. The highest BCUT2D eigenvalue weighted by Gasteiger charge is 2.01. The lowest BCUT2D eigenvalue weighted by atomic mass is 10.0. The van der Waals surface area contributed by atoms with E-state index in [1.807, 2.05) is 6.92 Å². The van der Waals surface area contributed by atoms with Gasteiger partial charge in [0.2, 0.25) is 10.0 Å². The third-order valence-electron chi connectivity index (χ3n) is 3.89. The maximum Gasteiger partial charge on any atom is 0.208 e. The average Bonchev–Trinajstić information content (AvgIpc) is 2.57. The molecule has 6 nitrogen and oxygen atoms in total. The van der Waals surface area contributed by atoms with Crippen molar-refractivity contribution in [3.8, 4) is 0 Å². The predicted octanol–water partition coefficient (Wildman–Crippen LogP) is 2.24. The number of aliphatic imine (C=N–C) groups is 1. The molecule has 1 aromatic carbocycles. The summed E-state index contributed by atoms with van der Waals surface area (Å²) < 4.78 is 24.5. The Balaban J connectivity index is 2.32. The summed E-state index contributed by atoms with van der Waals surface area (Å²) in [6.07, 6.45) is 3.88. The number of guanidine groups is 1. The molecule has 1 aromatic rings. The molecule has 0 aliphatic rings. The van der Waals surface area contributed by atoms with Crippen molar-refractivity contribution >= 4 is 16.0 Å². The van der Waals surface area contributed by atoms with Crippen molar-refractivity contribution in [2.75, 3.05) is 32.4 Å². The van der Waals surface area contributed by atoms with Gasteiger partial charge in [-0.25, -0.2) is 13.1 Å². The molecule has 0 aromatic heterocycles. The molecule has 0 aliphatic heterocycles. The van der Waals surface area contributed by atoms with Crippen molar-refractivity contribution in [1.29, 1.82) is 0 Å². The van der Waals surface area contributed by atoms with E-state index in [1.165, 1.54) is 17.4 Å². The Labute approximate surface area is 158 Å². The van der Waals surface area contributed by atoms with Gasteiger partial charge in [-0.15, -0.1) is 0 Å². The first-order chi connectivity index (χ1) is 12.3. The van der Waals surface area contributed by atoms with Gasteiger partial charge in [-0.2, -0.15) is 0 Å². The van der Waals surface area contributed by atoms with E-state index in [9.17, 15) is 8.42 Å². The molecule has 0 spiro atoms. The molecule has 0 heterocycles. The topological polar surface area (TPSA) is 82.6 Å². The lowest BCUT2D eigenvalue weighted by Gasteiger charge is -2.11. The SMILES string of the molecule is CCNC(=NCCCc1ccc(C(C)C)cc1)NCCCNS(C)(=O)=O. The first-order valence-electron chi connectivity index (χ1n) is 9.37. The summed E-state index contributed by atoms with van der Waals surface area (Å²) in [5.74, 6) is 1.34. The van der Waals surface area contributed by atoms with Gasteiger partial charge in [0.1, 0.15) is 0 Å². The van der Waals surface area contributed by atoms with Crippen LogP contribution >= 0.6 is 0 Å². The minimum absolute atomic E-state index is 0.428. The monoisotopic (exact) mass is 382 g/mol. The molecule has 0 fully saturated rings.